The highest BCUT2D eigenvalue weighted by Gasteiger charge is 2.26. The number of hydrogen-bond acceptors (Lipinski definition) is 1. The second-order valence-electron chi connectivity index (χ2n) is 7.50. The second-order valence-corrected chi connectivity index (χ2v) is 7.50. The van der Waals surface area contributed by atoms with Crippen LogP contribution >= 0.6 is 0 Å². The molecule has 1 atom stereocenters. The second kappa shape index (κ2) is 9.41. The topological polar surface area (TPSA) is 9.23 Å². The van der Waals surface area contributed by atoms with Gasteiger partial charge in [-0.25, -0.2) is 0 Å². The summed E-state index contributed by atoms with van der Waals surface area (Å²) in [7, 11) is 0. The van der Waals surface area contributed by atoms with E-state index in [9.17, 15) is 0 Å². The van der Waals surface area contributed by atoms with Gasteiger partial charge >= 0.3 is 0 Å². The van der Waals surface area contributed by atoms with Crippen LogP contribution in [0.4, 0.5) is 0 Å². The summed E-state index contributed by atoms with van der Waals surface area (Å²) in [5.41, 5.74) is 4.03. The van der Waals surface area contributed by atoms with Crippen LogP contribution in [0.5, 0.6) is 11.5 Å². The third kappa shape index (κ3) is 4.92. The van der Waals surface area contributed by atoms with Gasteiger partial charge in [0.15, 0.2) is 0 Å². The first-order valence-corrected chi connectivity index (χ1v) is 10.2. The smallest absolute Gasteiger partial charge is 0.127 e. The average molecular weight is 371 g/mol. The van der Waals surface area contributed by atoms with Crippen molar-refractivity contribution in [2.45, 2.75) is 44.9 Å². The molecule has 0 aromatic heterocycles. The Morgan fingerprint density at radius 1 is 0.893 bits per heavy atom. The molecule has 3 aromatic rings. The maximum absolute atomic E-state index is 5.97. The molecule has 0 fully saturated rings. The van der Waals surface area contributed by atoms with Gasteiger partial charge in [0.2, 0.25) is 0 Å². The number of ether oxygens (including phenoxy) is 1. The summed E-state index contributed by atoms with van der Waals surface area (Å²) >= 11 is 0. The zero-order chi connectivity index (χ0) is 19.8. The van der Waals surface area contributed by atoms with Crippen LogP contribution in [0.2, 0.25) is 0 Å². The SMILES string of the molecule is C=CC(CC)(CCCc1cccc(Oc2ccccc2)c1)c1ccc(C)cc1. The highest BCUT2D eigenvalue weighted by molar-refractivity contribution is 5.35. The van der Waals surface area contributed by atoms with Gasteiger partial charge in [0.25, 0.3) is 0 Å². The molecule has 0 saturated carbocycles. The third-order valence-corrected chi connectivity index (χ3v) is 5.61. The molecule has 144 valence electrons. The Kier molecular flexibility index (Phi) is 6.71. The van der Waals surface area contributed by atoms with E-state index in [0.717, 1.165) is 37.2 Å². The number of rotatable bonds is 9. The van der Waals surface area contributed by atoms with Gasteiger partial charge in [0.1, 0.15) is 11.5 Å². The predicted molar refractivity (Wildman–Crippen MR) is 119 cm³/mol. The Labute approximate surface area is 169 Å². The number of para-hydroxylation sites is 1. The van der Waals surface area contributed by atoms with Crippen LogP contribution in [0.25, 0.3) is 0 Å². The molecule has 0 aliphatic carbocycles. The van der Waals surface area contributed by atoms with E-state index in [0.29, 0.717) is 0 Å². The highest BCUT2D eigenvalue weighted by atomic mass is 16.5. The van der Waals surface area contributed by atoms with Gasteiger partial charge in [-0.05, 0) is 68.0 Å². The van der Waals surface area contributed by atoms with E-state index < -0.39 is 0 Å². The van der Waals surface area contributed by atoms with E-state index in [4.69, 9.17) is 4.74 Å². The molecule has 1 heteroatoms. The lowest BCUT2D eigenvalue weighted by Gasteiger charge is -2.30. The molecule has 0 N–H and O–H groups in total. The molecular weight excluding hydrogens is 340 g/mol. The van der Waals surface area contributed by atoms with Gasteiger partial charge in [-0.1, -0.05) is 73.2 Å². The highest BCUT2D eigenvalue weighted by Crippen LogP contribution is 2.35. The van der Waals surface area contributed by atoms with Crippen molar-refractivity contribution in [2.75, 3.05) is 0 Å². The van der Waals surface area contributed by atoms with Gasteiger partial charge < -0.3 is 4.74 Å². The predicted octanol–water partition coefficient (Wildman–Crippen LogP) is 7.64. The summed E-state index contributed by atoms with van der Waals surface area (Å²) in [6.45, 7) is 8.56. The fourth-order valence-electron chi connectivity index (χ4n) is 3.77. The van der Waals surface area contributed by atoms with Gasteiger partial charge in [-0.3, -0.25) is 0 Å². The summed E-state index contributed by atoms with van der Waals surface area (Å²) in [6.07, 6.45) is 6.46. The summed E-state index contributed by atoms with van der Waals surface area (Å²) in [5, 5.41) is 0. The van der Waals surface area contributed by atoms with Crippen LogP contribution < -0.4 is 4.74 Å². The van der Waals surface area contributed by atoms with Gasteiger partial charge in [0, 0.05) is 5.41 Å². The lowest BCUT2D eigenvalue weighted by Crippen LogP contribution is -2.22. The van der Waals surface area contributed by atoms with E-state index in [2.05, 4.69) is 69.0 Å². The maximum Gasteiger partial charge on any atom is 0.127 e. The van der Waals surface area contributed by atoms with Crippen molar-refractivity contribution in [1.82, 2.24) is 0 Å². The van der Waals surface area contributed by atoms with Gasteiger partial charge in [-0.2, -0.15) is 0 Å². The zero-order valence-electron chi connectivity index (χ0n) is 17.0. The summed E-state index contributed by atoms with van der Waals surface area (Å²) < 4.78 is 5.97. The third-order valence-electron chi connectivity index (χ3n) is 5.61. The average Bonchev–Trinajstić information content (AvgIpc) is 2.73. The van der Waals surface area contributed by atoms with E-state index in [1.807, 2.05) is 36.4 Å². The van der Waals surface area contributed by atoms with Crippen molar-refractivity contribution in [1.29, 1.82) is 0 Å². The minimum Gasteiger partial charge on any atom is -0.457 e. The van der Waals surface area contributed by atoms with Crippen molar-refractivity contribution >= 4 is 0 Å². The molecule has 0 amide bonds. The van der Waals surface area contributed by atoms with E-state index in [-0.39, 0.29) is 5.41 Å². The van der Waals surface area contributed by atoms with Crippen molar-refractivity contribution in [3.8, 4) is 11.5 Å². The fraction of sp³-hybridized carbons (Fsp3) is 0.259. The van der Waals surface area contributed by atoms with E-state index in [1.165, 1.54) is 16.7 Å². The van der Waals surface area contributed by atoms with Crippen molar-refractivity contribution < 1.29 is 4.74 Å². The molecule has 1 unspecified atom stereocenters. The first-order valence-electron chi connectivity index (χ1n) is 10.2. The summed E-state index contributed by atoms with van der Waals surface area (Å²) in [5.74, 6) is 1.77. The Balaban J connectivity index is 1.65. The molecule has 0 saturated heterocycles. The molecule has 0 aliphatic rings. The number of aryl methyl sites for hydroxylation is 2. The van der Waals surface area contributed by atoms with Crippen molar-refractivity contribution in [3.05, 3.63) is 108 Å². The maximum atomic E-state index is 5.97. The molecule has 0 heterocycles. The van der Waals surface area contributed by atoms with Gasteiger partial charge in [0.05, 0.1) is 0 Å². The Hall–Kier alpha value is -2.80. The zero-order valence-corrected chi connectivity index (χ0v) is 17.0. The molecule has 28 heavy (non-hydrogen) atoms. The Morgan fingerprint density at radius 3 is 2.29 bits per heavy atom. The molecule has 0 radical (unpaired) electrons. The quantitative estimate of drug-likeness (QED) is 0.352. The molecule has 0 spiro atoms. The van der Waals surface area contributed by atoms with Crippen molar-refractivity contribution in [2.24, 2.45) is 0 Å². The van der Waals surface area contributed by atoms with Crippen molar-refractivity contribution in [3.63, 3.8) is 0 Å². The molecule has 3 aromatic carbocycles. The lowest BCUT2D eigenvalue weighted by atomic mass is 9.74. The van der Waals surface area contributed by atoms with Crippen LogP contribution in [0.3, 0.4) is 0 Å². The minimum atomic E-state index is 0.0475. The molecular formula is C27H30O. The number of hydrogen-bond donors (Lipinski definition) is 0. The summed E-state index contributed by atoms with van der Waals surface area (Å²) in [6, 6.07) is 27.3. The first kappa shape index (κ1) is 19.9. The van der Waals surface area contributed by atoms with Gasteiger partial charge in [-0.15, -0.1) is 6.58 Å². The number of allylic oxidation sites excluding steroid dienone is 1. The molecule has 3 rings (SSSR count). The first-order chi connectivity index (χ1) is 13.6. The molecule has 1 nitrogen and oxygen atoms in total. The minimum absolute atomic E-state index is 0.0475. The largest absolute Gasteiger partial charge is 0.457 e. The van der Waals surface area contributed by atoms with Crippen LogP contribution in [0.1, 0.15) is 42.9 Å². The summed E-state index contributed by atoms with van der Waals surface area (Å²) in [4.78, 5) is 0. The van der Waals surface area contributed by atoms with E-state index >= 15 is 0 Å². The van der Waals surface area contributed by atoms with Crippen LogP contribution in [-0.4, -0.2) is 0 Å². The van der Waals surface area contributed by atoms with Crippen LogP contribution in [-0.2, 0) is 11.8 Å². The van der Waals surface area contributed by atoms with Crippen LogP contribution in [0.15, 0.2) is 91.5 Å². The standard InChI is InChI=1S/C27H30O/c1-4-27(5-2,24-18-16-22(3)17-19-24)20-10-12-23-11-9-15-26(21-23)28-25-13-7-6-8-14-25/h4,6-9,11,13-19,21H,1,5,10,12,20H2,2-3H3. The number of benzene rings is 3. The Bertz CT molecular complexity index is 880. The Morgan fingerprint density at radius 2 is 1.61 bits per heavy atom. The van der Waals surface area contributed by atoms with E-state index in [1.54, 1.807) is 0 Å². The fourth-order valence-corrected chi connectivity index (χ4v) is 3.77. The molecule has 0 aliphatic heterocycles. The lowest BCUT2D eigenvalue weighted by molar-refractivity contribution is 0.456. The monoisotopic (exact) mass is 370 g/mol. The molecule has 0 bridgehead atoms. The normalized spacial score (nSPS) is 12.9. The van der Waals surface area contributed by atoms with Crippen LogP contribution in [0, 0.1) is 6.92 Å².